The Kier molecular flexibility index (Phi) is 2.94. The molecule has 18 heavy (non-hydrogen) atoms. The Bertz CT molecular complexity index is 580. The van der Waals surface area contributed by atoms with E-state index in [-0.39, 0.29) is 0 Å². The van der Waals surface area contributed by atoms with Crippen LogP contribution in [0.3, 0.4) is 0 Å². The lowest BCUT2D eigenvalue weighted by Gasteiger charge is -2.19. The van der Waals surface area contributed by atoms with Gasteiger partial charge in [-0.3, -0.25) is 0 Å². The number of tetrazole rings is 1. The molecule has 0 bridgehead atoms. The molecular weight excluding hydrogens is 252 g/mol. The molecule has 0 aliphatic rings. The zero-order valence-corrected chi connectivity index (χ0v) is 11.4. The first-order valence-corrected chi connectivity index (χ1v) is 6.25. The summed E-state index contributed by atoms with van der Waals surface area (Å²) in [6.07, 6.45) is 0. The number of thiophene rings is 1. The molecular formula is C11H14N4O2S. The normalized spacial score (nSPS) is 11.8. The van der Waals surface area contributed by atoms with E-state index in [4.69, 9.17) is 0 Å². The van der Waals surface area contributed by atoms with Crippen molar-refractivity contribution in [1.82, 2.24) is 20.2 Å². The van der Waals surface area contributed by atoms with Crippen LogP contribution in [0.25, 0.3) is 10.7 Å². The van der Waals surface area contributed by atoms with Crippen molar-refractivity contribution < 1.29 is 9.90 Å². The van der Waals surface area contributed by atoms with Gasteiger partial charge in [0.1, 0.15) is 0 Å². The minimum atomic E-state index is -1.18. The fourth-order valence-electron chi connectivity index (χ4n) is 1.49. The molecule has 0 amide bonds. The zero-order chi connectivity index (χ0) is 13.5. The van der Waals surface area contributed by atoms with Gasteiger partial charge in [-0.2, -0.15) is 0 Å². The monoisotopic (exact) mass is 266 g/mol. The maximum absolute atomic E-state index is 11.3. The molecule has 0 saturated carbocycles. The number of carboxylic acids is 1. The minimum Gasteiger partial charge on any atom is -0.479 e. The molecule has 0 radical (unpaired) electrons. The third kappa shape index (κ3) is 1.90. The van der Waals surface area contributed by atoms with Crippen molar-refractivity contribution >= 4 is 17.3 Å². The predicted octanol–water partition coefficient (Wildman–Crippen LogP) is 1.84. The van der Waals surface area contributed by atoms with Crippen molar-refractivity contribution in [3.8, 4) is 10.7 Å². The average Bonchev–Trinajstić information content (AvgIpc) is 2.86. The molecule has 0 aliphatic heterocycles. The van der Waals surface area contributed by atoms with E-state index in [1.54, 1.807) is 25.2 Å². The molecule has 96 valence electrons. The van der Waals surface area contributed by atoms with Crippen molar-refractivity contribution in [2.75, 3.05) is 0 Å². The van der Waals surface area contributed by atoms with Gasteiger partial charge in [0.15, 0.2) is 11.4 Å². The van der Waals surface area contributed by atoms with Crippen LogP contribution in [0.2, 0.25) is 0 Å². The lowest BCUT2D eigenvalue weighted by molar-refractivity contribution is -0.146. The second-order valence-corrected chi connectivity index (χ2v) is 5.88. The van der Waals surface area contributed by atoms with E-state index in [0.29, 0.717) is 5.82 Å². The van der Waals surface area contributed by atoms with Crippen molar-refractivity contribution in [1.29, 1.82) is 0 Å². The molecule has 0 unspecified atom stereocenters. The van der Waals surface area contributed by atoms with Gasteiger partial charge in [0.05, 0.1) is 4.88 Å². The van der Waals surface area contributed by atoms with Crippen LogP contribution < -0.4 is 0 Å². The van der Waals surface area contributed by atoms with Gasteiger partial charge in [-0.1, -0.05) is 0 Å². The quantitative estimate of drug-likeness (QED) is 0.916. The molecule has 0 spiro atoms. The summed E-state index contributed by atoms with van der Waals surface area (Å²) in [6.45, 7) is 7.16. The molecule has 0 fully saturated rings. The van der Waals surface area contributed by atoms with Gasteiger partial charge < -0.3 is 5.11 Å². The van der Waals surface area contributed by atoms with Gasteiger partial charge >= 0.3 is 5.97 Å². The van der Waals surface area contributed by atoms with Crippen molar-refractivity contribution in [2.24, 2.45) is 0 Å². The van der Waals surface area contributed by atoms with Gasteiger partial charge in [-0.15, -0.1) is 16.4 Å². The van der Waals surface area contributed by atoms with E-state index in [2.05, 4.69) is 15.5 Å². The fourth-order valence-corrected chi connectivity index (χ4v) is 2.50. The number of carbonyl (C=O) groups is 1. The first-order valence-electron chi connectivity index (χ1n) is 5.43. The molecule has 0 saturated heterocycles. The van der Waals surface area contributed by atoms with Crippen molar-refractivity contribution in [2.45, 2.75) is 33.2 Å². The molecule has 0 aromatic carbocycles. The molecule has 2 rings (SSSR count). The number of rotatable bonds is 3. The zero-order valence-electron chi connectivity index (χ0n) is 10.6. The Morgan fingerprint density at radius 3 is 2.61 bits per heavy atom. The van der Waals surface area contributed by atoms with Crippen LogP contribution in [0, 0.1) is 13.8 Å². The maximum Gasteiger partial charge on any atom is 0.331 e. The van der Waals surface area contributed by atoms with E-state index in [1.807, 2.05) is 19.9 Å². The Morgan fingerprint density at radius 1 is 1.44 bits per heavy atom. The van der Waals surface area contributed by atoms with Crippen LogP contribution in [-0.4, -0.2) is 31.3 Å². The number of aryl methyl sites for hydroxylation is 2. The highest BCUT2D eigenvalue weighted by Gasteiger charge is 2.34. The van der Waals surface area contributed by atoms with E-state index >= 15 is 0 Å². The van der Waals surface area contributed by atoms with Gasteiger partial charge in [-0.05, 0) is 49.8 Å². The number of aromatic nitrogens is 4. The number of carboxylic acid groups (broad SMARTS) is 1. The summed E-state index contributed by atoms with van der Waals surface area (Å²) in [4.78, 5) is 13.3. The van der Waals surface area contributed by atoms with Crippen molar-refractivity contribution in [3.05, 3.63) is 16.5 Å². The fraction of sp³-hybridized carbons (Fsp3) is 0.455. The van der Waals surface area contributed by atoms with E-state index in [1.165, 1.54) is 9.56 Å². The summed E-state index contributed by atoms with van der Waals surface area (Å²) < 4.78 is 1.35. The Hall–Kier alpha value is -1.76. The lowest BCUT2D eigenvalue weighted by Crippen LogP contribution is -2.37. The maximum atomic E-state index is 11.3. The van der Waals surface area contributed by atoms with Crippen LogP contribution >= 0.6 is 11.3 Å². The number of hydrogen-bond donors (Lipinski definition) is 1. The average molecular weight is 266 g/mol. The molecule has 7 heteroatoms. The van der Waals surface area contributed by atoms with Crippen LogP contribution in [0.15, 0.2) is 6.07 Å². The standard InChI is InChI=1S/C11H14N4O2S/c1-6-5-8(18-7(6)2)9-12-13-14-15(9)11(3,4)10(16)17/h5H,1-4H3,(H,16,17). The summed E-state index contributed by atoms with van der Waals surface area (Å²) in [7, 11) is 0. The SMILES string of the molecule is Cc1cc(-c2nnnn2C(C)(C)C(=O)O)sc1C. The molecule has 1 N–H and O–H groups in total. The third-order valence-electron chi connectivity index (χ3n) is 2.91. The van der Waals surface area contributed by atoms with Gasteiger partial charge in [0.2, 0.25) is 0 Å². The largest absolute Gasteiger partial charge is 0.479 e. The van der Waals surface area contributed by atoms with E-state index < -0.39 is 11.5 Å². The second kappa shape index (κ2) is 4.16. The minimum absolute atomic E-state index is 0.489. The van der Waals surface area contributed by atoms with Gasteiger partial charge in [0, 0.05) is 4.88 Å². The summed E-state index contributed by atoms with van der Waals surface area (Å²) >= 11 is 1.56. The van der Waals surface area contributed by atoms with Crippen LogP contribution in [0.1, 0.15) is 24.3 Å². The van der Waals surface area contributed by atoms with E-state index in [0.717, 1.165) is 10.4 Å². The highest BCUT2D eigenvalue weighted by molar-refractivity contribution is 7.15. The Balaban J connectivity index is 2.55. The third-order valence-corrected chi connectivity index (χ3v) is 4.06. The molecule has 0 aliphatic carbocycles. The number of aliphatic carboxylic acids is 1. The molecule has 6 nitrogen and oxygen atoms in total. The summed E-state index contributed by atoms with van der Waals surface area (Å²) in [5.41, 5.74) is -0.0253. The highest BCUT2D eigenvalue weighted by Crippen LogP contribution is 2.31. The summed E-state index contributed by atoms with van der Waals surface area (Å²) in [6, 6.07) is 1.97. The Morgan fingerprint density at radius 2 is 2.11 bits per heavy atom. The topological polar surface area (TPSA) is 80.9 Å². The first-order chi connectivity index (χ1) is 8.34. The summed E-state index contributed by atoms with van der Waals surface area (Å²) in [5.74, 6) is -0.482. The molecule has 2 aromatic heterocycles. The molecule has 2 heterocycles. The van der Waals surface area contributed by atoms with E-state index in [9.17, 15) is 9.90 Å². The Labute approximate surface area is 108 Å². The first kappa shape index (κ1) is 12.7. The summed E-state index contributed by atoms with van der Waals surface area (Å²) in [5, 5.41) is 20.6. The lowest BCUT2D eigenvalue weighted by atomic mass is 10.1. The van der Waals surface area contributed by atoms with Crippen LogP contribution in [0.5, 0.6) is 0 Å². The predicted molar refractivity (Wildman–Crippen MR) is 67.6 cm³/mol. The molecule has 2 aromatic rings. The van der Waals surface area contributed by atoms with Crippen LogP contribution in [-0.2, 0) is 10.3 Å². The highest BCUT2D eigenvalue weighted by atomic mass is 32.1. The van der Waals surface area contributed by atoms with Gasteiger partial charge in [-0.25, -0.2) is 9.48 Å². The van der Waals surface area contributed by atoms with Crippen molar-refractivity contribution in [3.63, 3.8) is 0 Å². The second-order valence-electron chi connectivity index (χ2n) is 4.63. The van der Waals surface area contributed by atoms with Gasteiger partial charge in [0.25, 0.3) is 0 Å². The number of hydrogen-bond acceptors (Lipinski definition) is 5. The smallest absolute Gasteiger partial charge is 0.331 e. The number of nitrogens with zero attached hydrogens (tertiary/aromatic N) is 4. The van der Waals surface area contributed by atoms with Crippen LogP contribution in [0.4, 0.5) is 0 Å². The molecule has 0 atom stereocenters.